The lowest BCUT2D eigenvalue weighted by Crippen LogP contribution is -2.45. The average Bonchev–Trinajstić information content (AvgIpc) is 2.75. The Hall–Kier alpha value is -2.74. The lowest BCUT2D eigenvalue weighted by Gasteiger charge is -2.17. The molecule has 0 aliphatic rings. The first-order valence-electron chi connectivity index (χ1n) is 9.48. The van der Waals surface area contributed by atoms with Crippen molar-refractivity contribution >= 4 is 26.7 Å². The molecular formula is C22H24N2O4S. The zero-order valence-electron chi connectivity index (χ0n) is 15.9. The fourth-order valence-electron chi connectivity index (χ4n) is 3.25. The predicted molar refractivity (Wildman–Crippen MR) is 112 cm³/mol. The Bertz CT molecular complexity index is 1070. The maximum absolute atomic E-state index is 12.5. The fourth-order valence-corrected chi connectivity index (χ4v) is 4.50. The monoisotopic (exact) mass is 412 g/mol. The molecule has 1 atom stereocenters. The van der Waals surface area contributed by atoms with E-state index in [0.717, 1.165) is 12.8 Å². The third-order valence-electron chi connectivity index (χ3n) is 4.80. The molecule has 0 radical (unpaired) electrons. The molecule has 3 aromatic rings. The topological polar surface area (TPSA) is 95.5 Å². The van der Waals surface area contributed by atoms with Crippen LogP contribution in [0.4, 0.5) is 0 Å². The van der Waals surface area contributed by atoms with Crippen LogP contribution in [0.3, 0.4) is 0 Å². The Kier molecular flexibility index (Phi) is 6.98. The van der Waals surface area contributed by atoms with Crippen molar-refractivity contribution in [2.75, 3.05) is 0 Å². The van der Waals surface area contributed by atoms with Crippen LogP contribution in [0.15, 0.2) is 77.7 Å². The Morgan fingerprint density at radius 2 is 1.59 bits per heavy atom. The summed E-state index contributed by atoms with van der Waals surface area (Å²) in [6, 6.07) is 21.3. The largest absolute Gasteiger partial charge is 0.289 e. The van der Waals surface area contributed by atoms with Crippen LogP contribution in [0.25, 0.3) is 10.8 Å². The number of amides is 1. The fraction of sp³-hybridized carbons (Fsp3) is 0.227. The summed E-state index contributed by atoms with van der Waals surface area (Å²) < 4.78 is 27.3. The summed E-state index contributed by atoms with van der Waals surface area (Å²) in [7, 11) is -3.85. The first-order chi connectivity index (χ1) is 14.0. The van der Waals surface area contributed by atoms with Crippen LogP contribution in [-0.2, 0) is 21.2 Å². The molecule has 0 spiro atoms. The number of rotatable bonds is 9. The van der Waals surface area contributed by atoms with Gasteiger partial charge in [0.25, 0.3) is 5.91 Å². The number of hydrogen-bond acceptors (Lipinski definition) is 4. The van der Waals surface area contributed by atoms with E-state index in [2.05, 4.69) is 35.1 Å². The molecule has 6 nitrogen and oxygen atoms in total. The van der Waals surface area contributed by atoms with Crippen molar-refractivity contribution < 1.29 is 18.4 Å². The van der Waals surface area contributed by atoms with E-state index in [4.69, 9.17) is 5.21 Å². The van der Waals surface area contributed by atoms with Gasteiger partial charge in [-0.05, 0) is 47.7 Å². The molecule has 0 aliphatic heterocycles. The lowest BCUT2D eigenvalue weighted by atomic mass is 10.0. The number of benzene rings is 3. The SMILES string of the molecule is O=C(NO)C(CCCCc1ccc2ccccc2c1)NS(=O)(=O)c1ccccc1. The van der Waals surface area contributed by atoms with Crippen LogP contribution in [0.1, 0.15) is 24.8 Å². The van der Waals surface area contributed by atoms with E-state index in [1.54, 1.807) is 23.7 Å². The van der Waals surface area contributed by atoms with Crippen molar-refractivity contribution in [3.8, 4) is 0 Å². The number of fused-ring (bicyclic) bond motifs is 1. The molecule has 0 saturated carbocycles. The summed E-state index contributed by atoms with van der Waals surface area (Å²) in [4.78, 5) is 12.0. The number of hydrogen-bond donors (Lipinski definition) is 3. The Morgan fingerprint density at radius 1 is 0.897 bits per heavy atom. The minimum Gasteiger partial charge on any atom is -0.289 e. The normalized spacial score (nSPS) is 12.6. The van der Waals surface area contributed by atoms with Gasteiger partial charge in [0.05, 0.1) is 4.90 Å². The summed E-state index contributed by atoms with van der Waals surface area (Å²) in [5.74, 6) is -0.768. The van der Waals surface area contributed by atoms with Gasteiger partial charge < -0.3 is 0 Å². The van der Waals surface area contributed by atoms with Crippen LogP contribution >= 0.6 is 0 Å². The Morgan fingerprint density at radius 3 is 2.31 bits per heavy atom. The molecule has 3 N–H and O–H groups in total. The van der Waals surface area contributed by atoms with Gasteiger partial charge in [0.1, 0.15) is 6.04 Å². The van der Waals surface area contributed by atoms with E-state index in [-0.39, 0.29) is 11.3 Å². The van der Waals surface area contributed by atoms with Crippen molar-refractivity contribution in [3.63, 3.8) is 0 Å². The van der Waals surface area contributed by atoms with Crippen LogP contribution in [0.5, 0.6) is 0 Å². The smallest absolute Gasteiger partial charge is 0.261 e. The van der Waals surface area contributed by atoms with Crippen LogP contribution < -0.4 is 10.2 Å². The molecule has 152 valence electrons. The maximum Gasteiger partial charge on any atom is 0.261 e. The zero-order valence-corrected chi connectivity index (χ0v) is 16.7. The highest BCUT2D eigenvalue weighted by Crippen LogP contribution is 2.18. The van der Waals surface area contributed by atoms with Crippen molar-refractivity contribution in [3.05, 3.63) is 78.4 Å². The number of hydroxylamine groups is 1. The molecule has 7 heteroatoms. The molecule has 3 rings (SSSR count). The highest BCUT2D eigenvalue weighted by molar-refractivity contribution is 7.89. The minimum absolute atomic E-state index is 0.0758. The van der Waals surface area contributed by atoms with Gasteiger partial charge in [-0.15, -0.1) is 0 Å². The molecule has 29 heavy (non-hydrogen) atoms. The number of nitrogens with one attached hydrogen (secondary N) is 2. The first-order valence-corrected chi connectivity index (χ1v) is 11.0. The lowest BCUT2D eigenvalue weighted by molar-refractivity contribution is -0.131. The number of carbonyl (C=O) groups excluding carboxylic acids is 1. The second kappa shape index (κ2) is 9.65. The predicted octanol–water partition coefficient (Wildman–Crippen LogP) is 3.41. The van der Waals surface area contributed by atoms with Crippen molar-refractivity contribution in [2.45, 2.75) is 36.6 Å². The van der Waals surface area contributed by atoms with E-state index in [1.165, 1.54) is 28.5 Å². The van der Waals surface area contributed by atoms with Crippen LogP contribution in [0, 0.1) is 0 Å². The third kappa shape index (κ3) is 5.63. The molecule has 0 bridgehead atoms. The number of carbonyl (C=O) groups is 1. The minimum atomic E-state index is -3.85. The molecule has 0 aliphatic carbocycles. The zero-order chi connectivity index (χ0) is 20.7. The summed E-state index contributed by atoms with van der Waals surface area (Å²) >= 11 is 0. The highest BCUT2D eigenvalue weighted by Gasteiger charge is 2.25. The van der Waals surface area contributed by atoms with Gasteiger partial charge in [0.2, 0.25) is 10.0 Å². The number of sulfonamides is 1. The van der Waals surface area contributed by atoms with E-state index in [1.807, 2.05) is 12.1 Å². The van der Waals surface area contributed by atoms with Gasteiger partial charge in [-0.1, -0.05) is 67.1 Å². The van der Waals surface area contributed by atoms with Crippen molar-refractivity contribution in [1.82, 2.24) is 10.2 Å². The third-order valence-corrected chi connectivity index (χ3v) is 6.29. The molecule has 0 aromatic heterocycles. The van der Waals surface area contributed by atoms with E-state index >= 15 is 0 Å². The molecule has 0 heterocycles. The van der Waals surface area contributed by atoms with Crippen LogP contribution in [0.2, 0.25) is 0 Å². The Labute approximate surface area is 170 Å². The Balaban J connectivity index is 1.58. The van der Waals surface area contributed by atoms with Crippen molar-refractivity contribution in [1.29, 1.82) is 0 Å². The quantitative estimate of drug-likeness (QED) is 0.285. The second-order valence-electron chi connectivity index (χ2n) is 6.89. The molecular weight excluding hydrogens is 388 g/mol. The van der Waals surface area contributed by atoms with Crippen molar-refractivity contribution in [2.24, 2.45) is 0 Å². The molecule has 0 saturated heterocycles. The average molecular weight is 413 g/mol. The summed E-state index contributed by atoms with van der Waals surface area (Å²) in [6.45, 7) is 0. The van der Waals surface area contributed by atoms with E-state index < -0.39 is 22.0 Å². The highest BCUT2D eigenvalue weighted by atomic mass is 32.2. The maximum atomic E-state index is 12.5. The van der Waals surface area contributed by atoms with Gasteiger partial charge >= 0.3 is 0 Å². The van der Waals surface area contributed by atoms with E-state index in [0.29, 0.717) is 6.42 Å². The van der Waals surface area contributed by atoms with Gasteiger partial charge in [-0.25, -0.2) is 13.9 Å². The summed E-state index contributed by atoms with van der Waals surface area (Å²) in [5, 5.41) is 11.3. The number of unbranched alkanes of at least 4 members (excludes halogenated alkanes) is 1. The van der Waals surface area contributed by atoms with Crippen LogP contribution in [-0.4, -0.2) is 25.6 Å². The summed E-state index contributed by atoms with van der Waals surface area (Å²) in [6.07, 6.45) is 2.53. The molecule has 1 unspecified atom stereocenters. The van der Waals surface area contributed by atoms with Gasteiger partial charge in [0, 0.05) is 0 Å². The van der Waals surface area contributed by atoms with Gasteiger partial charge in [-0.3, -0.25) is 10.0 Å². The van der Waals surface area contributed by atoms with Gasteiger partial charge in [0.15, 0.2) is 0 Å². The molecule has 3 aromatic carbocycles. The first kappa shape index (κ1) is 21.0. The standard InChI is InChI=1S/C22H24N2O4S/c25-22(23-26)21(24-29(27,28)20-11-2-1-3-12-20)13-7-4-8-17-14-15-18-9-5-6-10-19(18)16-17/h1-3,5-6,9-12,14-16,21,24,26H,4,7-8,13H2,(H,23,25). The summed E-state index contributed by atoms with van der Waals surface area (Å²) in [5.41, 5.74) is 2.74. The second-order valence-corrected chi connectivity index (χ2v) is 8.60. The number of aryl methyl sites for hydroxylation is 1. The van der Waals surface area contributed by atoms with Gasteiger partial charge in [-0.2, -0.15) is 4.72 Å². The molecule has 1 amide bonds. The van der Waals surface area contributed by atoms with E-state index in [9.17, 15) is 13.2 Å². The molecule has 0 fully saturated rings.